The van der Waals surface area contributed by atoms with E-state index in [0.29, 0.717) is 28.4 Å². The first-order valence-corrected chi connectivity index (χ1v) is 9.62. The summed E-state index contributed by atoms with van der Waals surface area (Å²) in [7, 11) is 4.37. The van der Waals surface area contributed by atoms with Crippen LogP contribution in [0.3, 0.4) is 0 Å². The Labute approximate surface area is 176 Å². The first-order valence-electron chi connectivity index (χ1n) is 9.62. The van der Waals surface area contributed by atoms with Crippen LogP contribution in [-0.4, -0.2) is 33.2 Å². The summed E-state index contributed by atoms with van der Waals surface area (Å²) in [6.07, 6.45) is 2.54. The number of hydrogen-bond donors (Lipinski definition) is 0. The maximum absolute atomic E-state index is 13.4. The minimum absolute atomic E-state index is 0.229. The van der Waals surface area contributed by atoms with Gasteiger partial charge in [-0.1, -0.05) is 31.2 Å². The van der Waals surface area contributed by atoms with Crippen LogP contribution in [0, 0.1) is 0 Å². The molecule has 1 aliphatic heterocycles. The summed E-state index contributed by atoms with van der Waals surface area (Å²) in [6, 6.07) is 13.1. The average molecular weight is 407 g/mol. The smallest absolute Gasteiger partial charge is 0.340 e. The van der Waals surface area contributed by atoms with Gasteiger partial charge < -0.3 is 14.2 Å². The minimum atomic E-state index is -0.568. The monoisotopic (exact) mass is 407 g/mol. The minimum Gasteiger partial charge on any atom is -0.493 e. The van der Waals surface area contributed by atoms with Gasteiger partial charge in [-0.15, -0.1) is 0 Å². The van der Waals surface area contributed by atoms with Gasteiger partial charge >= 0.3 is 5.97 Å². The Morgan fingerprint density at radius 3 is 2.30 bits per heavy atom. The van der Waals surface area contributed by atoms with Crippen molar-refractivity contribution in [1.82, 2.24) is 0 Å². The topological polar surface area (TPSA) is 65.1 Å². The van der Waals surface area contributed by atoms with E-state index in [2.05, 4.69) is 6.92 Å². The standard InChI is InChI=1S/C24H25NO5/c1-6-16-10-12-18(13-11-16)25-15(2)21(24(27)30-5)19(23(25)26)14-17-8-7-9-20(28-3)22(17)29-4/h7-14H,6H2,1-5H3/b19-14-. The van der Waals surface area contributed by atoms with Crippen molar-refractivity contribution in [1.29, 1.82) is 0 Å². The third kappa shape index (κ3) is 3.68. The molecule has 0 aliphatic carbocycles. The number of rotatable bonds is 6. The number of nitrogens with zero attached hydrogens (tertiary/aromatic N) is 1. The number of methoxy groups -OCH3 is 3. The number of carbonyl (C=O) groups excluding carboxylic acids is 2. The zero-order chi connectivity index (χ0) is 21.8. The lowest BCUT2D eigenvalue weighted by Crippen LogP contribution is -2.24. The Morgan fingerprint density at radius 2 is 1.73 bits per heavy atom. The van der Waals surface area contributed by atoms with Gasteiger partial charge in [0.1, 0.15) is 0 Å². The van der Waals surface area contributed by atoms with Gasteiger partial charge in [0, 0.05) is 16.9 Å². The first kappa shape index (κ1) is 21.2. The number of anilines is 1. The molecular formula is C24H25NO5. The molecular weight excluding hydrogens is 382 g/mol. The number of hydrogen-bond acceptors (Lipinski definition) is 5. The van der Waals surface area contributed by atoms with Crippen molar-refractivity contribution in [3.63, 3.8) is 0 Å². The molecule has 3 rings (SSSR count). The Bertz CT molecular complexity index is 1030. The second kappa shape index (κ2) is 8.86. The zero-order valence-electron chi connectivity index (χ0n) is 17.8. The molecule has 0 fully saturated rings. The van der Waals surface area contributed by atoms with Crippen LogP contribution in [-0.2, 0) is 20.7 Å². The fourth-order valence-electron chi connectivity index (χ4n) is 3.55. The number of allylic oxidation sites excluding steroid dienone is 1. The van der Waals surface area contributed by atoms with Gasteiger partial charge in [0.2, 0.25) is 0 Å². The van der Waals surface area contributed by atoms with E-state index >= 15 is 0 Å². The van der Waals surface area contributed by atoms with E-state index in [1.54, 1.807) is 38.3 Å². The molecule has 0 saturated heterocycles. The van der Waals surface area contributed by atoms with Crippen LogP contribution in [0.4, 0.5) is 5.69 Å². The summed E-state index contributed by atoms with van der Waals surface area (Å²) in [5.41, 5.74) is 3.47. The molecule has 0 bridgehead atoms. The molecule has 0 atom stereocenters. The molecule has 156 valence electrons. The maximum Gasteiger partial charge on any atom is 0.340 e. The molecule has 0 spiro atoms. The van der Waals surface area contributed by atoms with Gasteiger partial charge in [-0.05, 0) is 43.2 Å². The molecule has 2 aromatic carbocycles. The van der Waals surface area contributed by atoms with Gasteiger partial charge in [-0.25, -0.2) is 4.79 Å². The molecule has 2 aromatic rings. The fourth-order valence-corrected chi connectivity index (χ4v) is 3.55. The van der Waals surface area contributed by atoms with Crippen LogP contribution in [0.1, 0.15) is 25.0 Å². The number of ether oxygens (including phenoxy) is 3. The van der Waals surface area contributed by atoms with Crippen LogP contribution in [0.25, 0.3) is 6.08 Å². The van der Waals surface area contributed by atoms with Crippen LogP contribution < -0.4 is 14.4 Å². The van der Waals surface area contributed by atoms with Crippen LogP contribution >= 0.6 is 0 Å². The molecule has 0 aromatic heterocycles. The lowest BCUT2D eigenvalue weighted by Gasteiger charge is -2.18. The Balaban J connectivity index is 2.16. The summed E-state index contributed by atoms with van der Waals surface area (Å²) >= 11 is 0. The van der Waals surface area contributed by atoms with Crippen molar-refractivity contribution < 1.29 is 23.8 Å². The summed E-state index contributed by atoms with van der Waals surface area (Å²) < 4.78 is 15.8. The number of carbonyl (C=O) groups is 2. The van der Waals surface area contributed by atoms with E-state index < -0.39 is 5.97 Å². The first-order chi connectivity index (χ1) is 14.5. The number of benzene rings is 2. The van der Waals surface area contributed by atoms with Gasteiger partial charge in [-0.3, -0.25) is 9.69 Å². The van der Waals surface area contributed by atoms with E-state index in [0.717, 1.165) is 12.0 Å². The van der Waals surface area contributed by atoms with Gasteiger partial charge in [-0.2, -0.15) is 0 Å². The Hall–Kier alpha value is -3.54. The largest absolute Gasteiger partial charge is 0.493 e. The fraction of sp³-hybridized carbons (Fsp3) is 0.250. The number of amides is 1. The number of esters is 1. The van der Waals surface area contributed by atoms with Gasteiger partial charge in [0.25, 0.3) is 5.91 Å². The van der Waals surface area contributed by atoms with E-state index in [1.807, 2.05) is 24.3 Å². The van der Waals surface area contributed by atoms with E-state index in [4.69, 9.17) is 14.2 Å². The maximum atomic E-state index is 13.4. The van der Waals surface area contributed by atoms with Gasteiger partial charge in [0.15, 0.2) is 11.5 Å². The molecule has 0 saturated carbocycles. The Kier molecular flexibility index (Phi) is 6.26. The van der Waals surface area contributed by atoms with Crippen molar-refractivity contribution in [2.45, 2.75) is 20.3 Å². The second-order valence-electron chi connectivity index (χ2n) is 6.75. The highest BCUT2D eigenvalue weighted by molar-refractivity contribution is 6.24. The molecule has 0 unspecified atom stereocenters. The zero-order valence-corrected chi connectivity index (χ0v) is 17.8. The Morgan fingerprint density at radius 1 is 1.03 bits per heavy atom. The summed E-state index contributed by atoms with van der Waals surface area (Å²) in [6.45, 7) is 3.81. The third-order valence-corrected chi connectivity index (χ3v) is 5.13. The normalized spacial score (nSPS) is 15.0. The van der Waals surface area contributed by atoms with Crippen molar-refractivity contribution in [2.24, 2.45) is 0 Å². The molecule has 1 amide bonds. The summed E-state index contributed by atoms with van der Waals surface area (Å²) in [4.78, 5) is 27.5. The lowest BCUT2D eigenvalue weighted by atomic mass is 10.0. The van der Waals surface area contributed by atoms with Crippen molar-refractivity contribution in [3.8, 4) is 11.5 Å². The predicted octanol–water partition coefficient (Wildman–Crippen LogP) is 4.14. The SMILES string of the molecule is CCc1ccc(N2C(=O)/C(=C\c3cccc(OC)c3OC)C(C(=O)OC)=C2C)cc1. The molecule has 1 heterocycles. The lowest BCUT2D eigenvalue weighted by molar-refractivity contribution is -0.136. The van der Waals surface area contributed by atoms with Crippen LogP contribution in [0.5, 0.6) is 11.5 Å². The van der Waals surface area contributed by atoms with E-state index in [9.17, 15) is 9.59 Å². The molecule has 0 N–H and O–H groups in total. The second-order valence-corrected chi connectivity index (χ2v) is 6.75. The molecule has 1 aliphatic rings. The molecule has 6 heteroatoms. The van der Waals surface area contributed by atoms with Crippen molar-refractivity contribution in [3.05, 3.63) is 70.4 Å². The molecule has 0 radical (unpaired) electrons. The van der Waals surface area contributed by atoms with Crippen molar-refractivity contribution in [2.75, 3.05) is 26.2 Å². The highest BCUT2D eigenvalue weighted by Gasteiger charge is 2.38. The van der Waals surface area contributed by atoms with E-state index in [-0.39, 0.29) is 17.1 Å². The predicted molar refractivity (Wildman–Crippen MR) is 116 cm³/mol. The summed E-state index contributed by atoms with van der Waals surface area (Å²) in [5, 5.41) is 0. The third-order valence-electron chi connectivity index (χ3n) is 5.13. The highest BCUT2D eigenvalue weighted by atomic mass is 16.5. The number of aryl methyl sites for hydroxylation is 1. The van der Waals surface area contributed by atoms with Gasteiger partial charge in [0.05, 0.1) is 32.5 Å². The number of para-hydroxylation sites is 1. The van der Waals surface area contributed by atoms with Crippen LogP contribution in [0.2, 0.25) is 0 Å². The quantitative estimate of drug-likeness (QED) is 0.532. The van der Waals surface area contributed by atoms with E-state index in [1.165, 1.54) is 19.1 Å². The van der Waals surface area contributed by atoms with Crippen molar-refractivity contribution >= 4 is 23.6 Å². The molecule has 6 nitrogen and oxygen atoms in total. The molecule has 30 heavy (non-hydrogen) atoms. The highest BCUT2D eigenvalue weighted by Crippen LogP contribution is 2.38. The van der Waals surface area contributed by atoms with Crippen LogP contribution in [0.15, 0.2) is 59.3 Å². The summed E-state index contributed by atoms with van der Waals surface area (Å²) in [5.74, 6) is 0.140. The average Bonchev–Trinajstić information content (AvgIpc) is 3.02.